The molecule has 2 rings (SSSR count). The Hall–Kier alpha value is -1.09. The first-order chi connectivity index (χ1) is 8.61. The Bertz CT molecular complexity index is 399. The zero-order valence-electron chi connectivity index (χ0n) is 10.9. The fourth-order valence-electron chi connectivity index (χ4n) is 2.97. The average molecular weight is 251 g/mol. The number of aliphatic hydroxyl groups excluding tert-OH is 1. The van der Waals surface area contributed by atoms with Gasteiger partial charge in [-0.15, -0.1) is 0 Å². The molecule has 1 aliphatic rings. The van der Waals surface area contributed by atoms with Crippen LogP contribution in [-0.2, 0) is 0 Å². The van der Waals surface area contributed by atoms with Crippen LogP contribution in [0, 0.1) is 17.7 Å². The van der Waals surface area contributed by atoms with E-state index in [4.69, 9.17) is 5.73 Å². The molecule has 0 aliphatic heterocycles. The third kappa shape index (κ3) is 2.83. The molecule has 0 radical (unpaired) electrons. The van der Waals surface area contributed by atoms with Crippen LogP contribution < -0.4 is 5.73 Å². The van der Waals surface area contributed by atoms with E-state index in [0.29, 0.717) is 11.3 Å². The normalized spacial score (nSPS) is 25.9. The fraction of sp³-hybridized carbons (Fsp3) is 0.600. The molecule has 0 aromatic heterocycles. The largest absolute Gasteiger partial charge is 0.398 e. The predicted octanol–water partition coefficient (Wildman–Crippen LogP) is 3.66. The summed E-state index contributed by atoms with van der Waals surface area (Å²) < 4.78 is 13.2. The minimum atomic E-state index is -0.626. The standard InChI is InChI=1S/C15H22FNO/c1-2-10-3-5-11(6-4-10)15(18)13-9-12(16)7-8-14(13)17/h7-11,15,18H,2-6,17H2,1H3. The highest BCUT2D eigenvalue weighted by Gasteiger charge is 2.27. The number of nitrogen functional groups attached to an aromatic ring is 1. The van der Waals surface area contributed by atoms with Gasteiger partial charge in [0.1, 0.15) is 5.82 Å². The van der Waals surface area contributed by atoms with Crippen molar-refractivity contribution in [3.8, 4) is 0 Å². The zero-order chi connectivity index (χ0) is 13.1. The molecule has 1 fully saturated rings. The first kappa shape index (κ1) is 13.3. The van der Waals surface area contributed by atoms with Crippen LogP contribution in [0.5, 0.6) is 0 Å². The van der Waals surface area contributed by atoms with Crippen molar-refractivity contribution in [2.75, 3.05) is 5.73 Å². The number of nitrogens with two attached hydrogens (primary N) is 1. The van der Waals surface area contributed by atoms with Gasteiger partial charge in [-0.2, -0.15) is 0 Å². The number of benzene rings is 1. The lowest BCUT2D eigenvalue weighted by Crippen LogP contribution is -2.21. The molecule has 0 saturated heterocycles. The van der Waals surface area contributed by atoms with Gasteiger partial charge in [-0.25, -0.2) is 4.39 Å². The van der Waals surface area contributed by atoms with Crippen molar-refractivity contribution < 1.29 is 9.50 Å². The lowest BCUT2D eigenvalue weighted by molar-refractivity contribution is 0.0733. The number of hydrogen-bond acceptors (Lipinski definition) is 2. The number of anilines is 1. The third-order valence-corrected chi connectivity index (χ3v) is 4.28. The zero-order valence-corrected chi connectivity index (χ0v) is 10.9. The molecular weight excluding hydrogens is 229 g/mol. The molecular formula is C15H22FNO. The molecule has 3 heteroatoms. The van der Waals surface area contributed by atoms with Crippen LogP contribution in [-0.4, -0.2) is 5.11 Å². The third-order valence-electron chi connectivity index (χ3n) is 4.28. The van der Waals surface area contributed by atoms with E-state index in [1.165, 1.54) is 24.6 Å². The Morgan fingerprint density at radius 1 is 1.33 bits per heavy atom. The maximum atomic E-state index is 13.2. The topological polar surface area (TPSA) is 46.2 Å². The summed E-state index contributed by atoms with van der Waals surface area (Å²) in [6.45, 7) is 2.21. The Morgan fingerprint density at radius 2 is 2.00 bits per heavy atom. The molecule has 0 bridgehead atoms. The number of aliphatic hydroxyl groups is 1. The van der Waals surface area contributed by atoms with Gasteiger partial charge in [0, 0.05) is 11.3 Å². The minimum absolute atomic E-state index is 0.219. The summed E-state index contributed by atoms with van der Waals surface area (Å²) in [5.74, 6) is 0.677. The van der Waals surface area contributed by atoms with E-state index in [1.54, 1.807) is 0 Å². The Morgan fingerprint density at radius 3 is 2.61 bits per heavy atom. The molecule has 100 valence electrons. The van der Waals surface area contributed by atoms with Crippen LogP contribution in [0.25, 0.3) is 0 Å². The molecule has 1 unspecified atom stereocenters. The summed E-state index contributed by atoms with van der Waals surface area (Å²) in [5, 5.41) is 10.4. The Kier molecular flexibility index (Phi) is 4.23. The van der Waals surface area contributed by atoms with Crippen LogP contribution >= 0.6 is 0 Å². The fourth-order valence-corrected chi connectivity index (χ4v) is 2.97. The van der Waals surface area contributed by atoms with Crippen molar-refractivity contribution in [2.45, 2.75) is 45.1 Å². The summed E-state index contributed by atoms with van der Waals surface area (Å²) in [7, 11) is 0. The van der Waals surface area contributed by atoms with Gasteiger partial charge < -0.3 is 10.8 Å². The number of halogens is 1. The van der Waals surface area contributed by atoms with Crippen LogP contribution in [0.4, 0.5) is 10.1 Å². The highest BCUT2D eigenvalue weighted by Crippen LogP contribution is 2.39. The van der Waals surface area contributed by atoms with Gasteiger partial charge in [0.25, 0.3) is 0 Å². The van der Waals surface area contributed by atoms with E-state index < -0.39 is 6.10 Å². The molecule has 2 nitrogen and oxygen atoms in total. The van der Waals surface area contributed by atoms with Crippen LogP contribution in [0.3, 0.4) is 0 Å². The monoisotopic (exact) mass is 251 g/mol. The van der Waals surface area contributed by atoms with E-state index in [1.807, 2.05) is 0 Å². The molecule has 0 spiro atoms. The molecule has 1 aromatic carbocycles. The molecule has 0 heterocycles. The highest BCUT2D eigenvalue weighted by molar-refractivity contribution is 5.48. The second-order valence-corrected chi connectivity index (χ2v) is 5.41. The lowest BCUT2D eigenvalue weighted by atomic mass is 9.77. The highest BCUT2D eigenvalue weighted by atomic mass is 19.1. The second kappa shape index (κ2) is 5.70. The second-order valence-electron chi connectivity index (χ2n) is 5.41. The smallest absolute Gasteiger partial charge is 0.123 e. The van der Waals surface area contributed by atoms with Crippen molar-refractivity contribution in [1.29, 1.82) is 0 Å². The molecule has 1 atom stereocenters. The van der Waals surface area contributed by atoms with Crippen molar-refractivity contribution in [3.63, 3.8) is 0 Å². The SMILES string of the molecule is CCC1CCC(C(O)c2cc(F)ccc2N)CC1. The molecule has 0 amide bonds. The van der Waals surface area contributed by atoms with Gasteiger partial charge in [0.15, 0.2) is 0 Å². The summed E-state index contributed by atoms with van der Waals surface area (Å²) in [5.41, 5.74) is 6.86. The van der Waals surface area contributed by atoms with E-state index >= 15 is 0 Å². The predicted molar refractivity (Wildman–Crippen MR) is 71.5 cm³/mol. The van der Waals surface area contributed by atoms with Crippen LogP contribution in [0.2, 0.25) is 0 Å². The van der Waals surface area contributed by atoms with Gasteiger partial charge in [-0.1, -0.05) is 26.2 Å². The summed E-state index contributed by atoms with van der Waals surface area (Å²) in [4.78, 5) is 0. The van der Waals surface area contributed by atoms with E-state index in [0.717, 1.165) is 31.6 Å². The summed E-state index contributed by atoms with van der Waals surface area (Å²) in [6, 6.07) is 4.23. The van der Waals surface area contributed by atoms with Crippen LogP contribution in [0.1, 0.15) is 50.7 Å². The molecule has 3 N–H and O–H groups in total. The molecule has 1 saturated carbocycles. The maximum Gasteiger partial charge on any atom is 0.123 e. The van der Waals surface area contributed by atoms with Gasteiger partial charge in [0.05, 0.1) is 6.10 Å². The first-order valence-corrected chi connectivity index (χ1v) is 6.84. The van der Waals surface area contributed by atoms with E-state index in [9.17, 15) is 9.50 Å². The van der Waals surface area contributed by atoms with Crippen molar-refractivity contribution in [1.82, 2.24) is 0 Å². The number of rotatable bonds is 3. The Balaban J connectivity index is 2.07. The van der Waals surface area contributed by atoms with Gasteiger partial charge in [-0.05, 0) is 42.9 Å². The lowest BCUT2D eigenvalue weighted by Gasteiger charge is -2.31. The molecule has 1 aliphatic carbocycles. The number of hydrogen-bond donors (Lipinski definition) is 2. The first-order valence-electron chi connectivity index (χ1n) is 6.84. The van der Waals surface area contributed by atoms with E-state index in [2.05, 4.69) is 6.92 Å². The summed E-state index contributed by atoms with van der Waals surface area (Å²) >= 11 is 0. The summed E-state index contributed by atoms with van der Waals surface area (Å²) in [6.07, 6.45) is 4.93. The van der Waals surface area contributed by atoms with Crippen molar-refractivity contribution >= 4 is 5.69 Å². The van der Waals surface area contributed by atoms with E-state index in [-0.39, 0.29) is 11.7 Å². The van der Waals surface area contributed by atoms with Gasteiger partial charge >= 0.3 is 0 Å². The van der Waals surface area contributed by atoms with Gasteiger partial charge in [0.2, 0.25) is 0 Å². The van der Waals surface area contributed by atoms with Crippen molar-refractivity contribution in [3.05, 3.63) is 29.6 Å². The molecule has 1 aromatic rings. The quantitative estimate of drug-likeness (QED) is 0.805. The Labute approximate surface area is 108 Å². The maximum absolute atomic E-state index is 13.2. The van der Waals surface area contributed by atoms with Crippen LogP contribution in [0.15, 0.2) is 18.2 Å². The molecule has 18 heavy (non-hydrogen) atoms. The van der Waals surface area contributed by atoms with Gasteiger partial charge in [-0.3, -0.25) is 0 Å². The average Bonchev–Trinajstić information content (AvgIpc) is 2.41. The van der Waals surface area contributed by atoms with Crippen molar-refractivity contribution in [2.24, 2.45) is 11.8 Å². The minimum Gasteiger partial charge on any atom is -0.398 e.